The third kappa shape index (κ3) is 6.08. The number of anilines is 1. The van der Waals surface area contributed by atoms with Crippen molar-refractivity contribution < 1.29 is 13.2 Å². The smallest absolute Gasteiger partial charge is 0.234 e. The summed E-state index contributed by atoms with van der Waals surface area (Å²) in [6, 6.07) is 12.5. The van der Waals surface area contributed by atoms with Crippen LogP contribution in [0.2, 0.25) is 0 Å². The molecule has 1 N–H and O–H groups in total. The number of sulfone groups is 1. The Labute approximate surface area is 192 Å². The highest BCUT2D eigenvalue weighted by Gasteiger charge is 2.21. The lowest BCUT2D eigenvalue weighted by atomic mass is 10.1. The van der Waals surface area contributed by atoms with Crippen molar-refractivity contribution in [1.82, 2.24) is 14.8 Å². The van der Waals surface area contributed by atoms with E-state index in [1.807, 2.05) is 39.0 Å². The third-order valence-electron chi connectivity index (χ3n) is 4.64. The van der Waals surface area contributed by atoms with E-state index >= 15 is 0 Å². The number of aromatic nitrogens is 3. The highest BCUT2D eigenvalue weighted by Crippen LogP contribution is 2.22. The minimum absolute atomic E-state index is 0.118. The average molecular weight is 471 g/mol. The SMILES string of the molecule is C=CCn1c(CS(=O)(=O)c2ccc(C)cc2)nnc1SCC(=O)Nc1cc(C)cc(C)c1. The topological polar surface area (TPSA) is 93.9 Å². The zero-order valence-electron chi connectivity index (χ0n) is 18.3. The van der Waals surface area contributed by atoms with Crippen molar-refractivity contribution in [2.24, 2.45) is 0 Å². The Bertz CT molecular complexity index is 1210. The number of carbonyl (C=O) groups excluding carboxylic acids is 1. The number of aryl methyl sites for hydroxylation is 3. The van der Waals surface area contributed by atoms with Crippen LogP contribution in [0.25, 0.3) is 0 Å². The first-order valence-corrected chi connectivity index (χ1v) is 12.6. The number of hydrogen-bond donors (Lipinski definition) is 1. The molecule has 0 aliphatic rings. The quantitative estimate of drug-likeness (QED) is 0.374. The maximum Gasteiger partial charge on any atom is 0.234 e. The van der Waals surface area contributed by atoms with Gasteiger partial charge in [0.15, 0.2) is 15.0 Å². The van der Waals surface area contributed by atoms with E-state index in [-0.39, 0.29) is 22.3 Å². The molecule has 0 aliphatic carbocycles. The van der Waals surface area contributed by atoms with Gasteiger partial charge in [0.05, 0.1) is 10.6 Å². The van der Waals surface area contributed by atoms with Crippen LogP contribution in [0.15, 0.2) is 65.2 Å². The fourth-order valence-electron chi connectivity index (χ4n) is 3.22. The van der Waals surface area contributed by atoms with Gasteiger partial charge in [0.2, 0.25) is 5.91 Å². The first kappa shape index (κ1) is 23.7. The molecule has 0 saturated heterocycles. The maximum absolute atomic E-state index is 12.8. The van der Waals surface area contributed by atoms with E-state index in [9.17, 15) is 13.2 Å². The van der Waals surface area contributed by atoms with E-state index in [2.05, 4.69) is 22.1 Å². The van der Waals surface area contributed by atoms with Gasteiger partial charge in [-0.2, -0.15) is 0 Å². The lowest BCUT2D eigenvalue weighted by molar-refractivity contribution is -0.113. The van der Waals surface area contributed by atoms with Gasteiger partial charge >= 0.3 is 0 Å². The molecular weight excluding hydrogens is 444 g/mol. The van der Waals surface area contributed by atoms with Gasteiger partial charge in [-0.1, -0.05) is 41.6 Å². The zero-order chi connectivity index (χ0) is 23.3. The van der Waals surface area contributed by atoms with Crippen molar-refractivity contribution >= 4 is 33.2 Å². The van der Waals surface area contributed by atoms with Crippen LogP contribution in [0.1, 0.15) is 22.5 Å². The zero-order valence-corrected chi connectivity index (χ0v) is 20.0. The molecule has 9 heteroatoms. The molecule has 0 bridgehead atoms. The molecule has 32 heavy (non-hydrogen) atoms. The van der Waals surface area contributed by atoms with Crippen LogP contribution in [-0.2, 0) is 26.9 Å². The van der Waals surface area contributed by atoms with Gasteiger partial charge in [0.1, 0.15) is 11.6 Å². The molecule has 0 atom stereocenters. The second-order valence-electron chi connectivity index (χ2n) is 7.58. The Kier molecular flexibility index (Phi) is 7.52. The van der Waals surface area contributed by atoms with Crippen molar-refractivity contribution in [1.29, 1.82) is 0 Å². The number of nitrogens with zero attached hydrogens (tertiary/aromatic N) is 3. The van der Waals surface area contributed by atoms with Gasteiger partial charge < -0.3 is 9.88 Å². The largest absolute Gasteiger partial charge is 0.325 e. The fraction of sp³-hybridized carbons (Fsp3) is 0.261. The molecule has 0 fully saturated rings. The molecule has 0 unspecified atom stereocenters. The number of amides is 1. The second-order valence-corrected chi connectivity index (χ2v) is 10.5. The monoisotopic (exact) mass is 470 g/mol. The number of hydrogen-bond acceptors (Lipinski definition) is 6. The lowest BCUT2D eigenvalue weighted by Crippen LogP contribution is -2.15. The predicted molar refractivity (Wildman–Crippen MR) is 128 cm³/mol. The number of allylic oxidation sites excluding steroid dienone is 1. The average Bonchev–Trinajstić information content (AvgIpc) is 3.07. The fourth-order valence-corrected chi connectivity index (χ4v) is 5.26. The number of thioether (sulfide) groups is 1. The van der Waals surface area contributed by atoms with Crippen molar-refractivity contribution in [2.45, 2.75) is 43.1 Å². The predicted octanol–water partition coefficient (Wildman–Crippen LogP) is 4.09. The standard InChI is InChI=1S/C23H26N4O3S2/c1-5-10-27-21(15-32(29,30)20-8-6-16(2)7-9-20)25-26-23(27)31-14-22(28)24-19-12-17(3)11-18(4)13-19/h5-9,11-13H,1,10,14-15H2,2-4H3,(H,24,28). The molecule has 0 saturated carbocycles. The van der Waals surface area contributed by atoms with Gasteiger partial charge in [0, 0.05) is 12.2 Å². The maximum atomic E-state index is 12.8. The molecule has 1 amide bonds. The van der Waals surface area contributed by atoms with Crippen LogP contribution >= 0.6 is 11.8 Å². The van der Waals surface area contributed by atoms with Crippen LogP contribution < -0.4 is 5.32 Å². The molecule has 1 heterocycles. The van der Waals surface area contributed by atoms with E-state index in [4.69, 9.17) is 0 Å². The summed E-state index contributed by atoms with van der Waals surface area (Å²) in [5, 5.41) is 11.5. The molecule has 3 rings (SSSR count). The second kappa shape index (κ2) is 10.1. The molecule has 168 valence electrons. The number of rotatable bonds is 9. The van der Waals surface area contributed by atoms with Gasteiger partial charge in [-0.05, 0) is 56.2 Å². The van der Waals surface area contributed by atoms with Gasteiger partial charge in [-0.3, -0.25) is 4.79 Å². The summed E-state index contributed by atoms with van der Waals surface area (Å²) in [7, 11) is -3.58. The number of benzene rings is 2. The first-order valence-electron chi connectivity index (χ1n) is 10.0. The molecular formula is C23H26N4O3S2. The van der Waals surface area contributed by atoms with Crippen molar-refractivity contribution in [3.05, 3.63) is 77.6 Å². The van der Waals surface area contributed by atoms with Crippen molar-refractivity contribution in [3.63, 3.8) is 0 Å². The summed E-state index contributed by atoms with van der Waals surface area (Å²) in [5.41, 5.74) is 3.86. The van der Waals surface area contributed by atoms with Crippen molar-refractivity contribution in [3.8, 4) is 0 Å². The molecule has 1 aromatic heterocycles. The van der Waals surface area contributed by atoms with Crippen LogP contribution in [-0.4, -0.2) is 34.8 Å². The van der Waals surface area contributed by atoms with E-state index in [0.717, 1.165) is 22.4 Å². The first-order chi connectivity index (χ1) is 15.2. The minimum atomic E-state index is -3.58. The lowest BCUT2D eigenvalue weighted by Gasteiger charge is -2.09. The van der Waals surface area contributed by atoms with Crippen LogP contribution in [0.3, 0.4) is 0 Å². The normalized spacial score (nSPS) is 11.3. The summed E-state index contributed by atoms with van der Waals surface area (Å²) in [6.07, 6.45) is 1.64. The molecule has 0 spiro atoms. The molecule has 0 aliphatic heterocycles. The highest BCUT2D eigenvalue weighted by molar-refractivity contribution is 7.99. The Morgan fingerprint density at radius 1 is 1.06 bits per heavy atom. The summed E-state index contributed by atoms with van der Waals surface area (Å²) in [4.78, 5) is 12.7. The Hall–Kier alpha value is -2.91. The summed E-state index contributed by atoms with van der Waals surface area (Å²) in [5.74, 6) is -0.0381. The number of nitrogens with one attached hydrogen (secondary N) is 1. The minimum Gasteiger partial charge on any atom is -0.325 e. The summed E-state index contributed by atoms with van der Waals surface area (Å²) in [6.45, 7) is 9.92. The third-order valence-corrected chi connectivity index (χ3v) is 7.24. The molecule has 3 aromatic rings. The summed E-state index contributed by atoms with van der Waals surface area (Å²) >= 11 is 1.20. The molecule has 7 nitrogen and oxygen atoms in total. The Morgan fingerprint density at radius 2 is 1.72 bits per heavy atom. The van der Waals surface area contributed by atoms with Gasteiger partial charge in [-0.25, -0.2) is 8.42 Å². The molecule has 0 radical (unpaired) electrons. The Balaban J connectivity index is 1.72. The Morgan fingerprint density at radius 3 is 2.34 bits per heavy atom. The highest BCUT2D eigenvalue weighted by atomic mass is 32.2. The molecule has 2 aromatic carbocycles. The van der Waals surface area contributed by atoms with Gasteiger partial charge in [-0.15, -0.1) is 16.8 Å². The van der Waals surface area contributed by atoms with Crippen LogP contribution in [0.5, 0.6) is 0 Å². The van der Waals surface area contributed by atoms with Crippen molar-refractivity contribution in [2.75, 3.05) is 11.1 Å². The summed E-state index contributed by atoms with van der Waals surface area (Å²) < 4.78 is 27.3. The van der Waals surface area contributed by atoms with E-state index in [0.29, 0.717) is 17.5 Å². The van der Waals surface area contributed by atoms with E-state index < -0.39 is 9.84 Å². The number of carbonyl (C=O) groups is 1. The van der Waals surface area contributed by atoms with Crippen LogP contribution in [0, 0.1) is 20.8 Å². The van der Waals surface area contributed by atoms with Gasteiger partial charge in [0.25, 0.3) is 0 Å². The van der Waals surface area contributed by atoms with E-state index in [1.165, 1.54) is 11.8 Å². The van der Waals surface area contributed by atoms with Crippen LogP contribution in [0.4, 0.5) is 5.69 Å². The van der Waals surface area contributed by atoms with E-state index in [1.54, 1.807) is 34.9 Å².